The van der Waals surface area contributed by atoms with E-state index in [4.69, 9.17) is 10.7 Å². The molecule has 0 radical (unpaired) electrons. The summed E-state index contributed by atoms with van der Waals surface area (Å²) in [5.74, 6) is 4.07. The molecule has 2 N–H and O–H groups in total. The van der Waals surface area contributed by atoms with Gasteiger partial charge in [0.05, 0.1) is 0 Å². The Bertz CT molecular complexity index is 380. The average Bonchev–Trinajstić information content (AvgIpc) is 2.90. The summed E-state index contributed by atoms with van der Waals surface area (Å²) < 4.78 is 1.99. The van der Waals surface area contributed by atoms with Crippen molar-refractivity contribution < 1.29 is 0 Å². The van der Waals surface area contributed by atoms with Crippen molar-refractivity contribution in [2.45, 2.75) is 43.9 Å². The molecule has 3 rings (SSSR count). The molecule has 0 spiro atoms. The Balaban J connectivity index is 1.86. The van der Waals surface area contributed by atoms with Crippen molar-refractivity contribution in [3.63, 3.8) is 0 Å². The Morgan fingerprint density at radius 3 is 2.81 bits per heavy atom. The molecule has 16 heavy (non-hydrogen) atoms. The summed E-state index contributed by atoms with van der Waals surface area (Å²) in [7, 11) is 2.03. The van der Waals surface area contributed by atoms with Crippen LogP contribution in [0.1, 0.15) is 55.6 Å². The molecule has 2 fully saturated rings. The summed E-state index contributed by atoms with van der Waals surface area (Å²) in [6.45, 7) is 0.788. The van der Waals surface area contributed by atoms with Gasteiger partial charge < -0.3 is 5.73 Å². The lowest BCUT2D eigenvalue weighted by Crippen LogP contribution is -2.19. The molecule has 2 atom stereocenters. The third-order valence-electron chi connectivity index (χ3n) is 4.05. The first-order valence-electron chi connectivity index (χ1n) is 6.40. The van der Waals surface area contributed by atoms with Crippen molar-refractivity contribution >= 4 is 0 Å². The van der Waals surface area contributed by atoms with Gasteiger partial charge in [0.25, 0.3) is 0 Å². The maximum absolute atomic E-state index is 5.83. The molecular formula is C12H20N4. The predicted molar refractivity (Wildman–Crippen MR) is 62.1 cm³/mol. The monoisotopic (exact) mass is 220 g/mol. The Morgan fingerprint density at radius 1 is 1.31 bits per heavy atom. The topological polar surface area (TPSA) is 56.7 Å². The molecule has 2 aliphatic carbocycles. The number of aryl methyl sites for hydroxylation is 1. The molecule has 2 unspecified atom stereocenters. The number of aromatic nitrogens is 3. The van der Waals surface area contributed by atoms with Crippen molar-refractivity contribution in [1.82, 2.24) is 14.8 Å². The van der Waals surface area contributed by atoms with Crippen molar-refractivity contribution in [3.8, 4) is 0 Å². The molecule has 0 saturated heterocycles. The second-order valence-corrected chi connectivity index (χ2v) is 5.26. The second kappa shape index (κ2) is 3.84. The molecule has 2 saturated carbocycles. The van der Waals surface area contributed by atoms with Gasteiger partial charge in [-0.25, -0.2) is 4.98 Å². The lowest BCUT2D eigenvalue weighted by molar-refractivity contribution is 0.460. The van der Waals surface area contributed by atoms with Gasteiger partial charge in [0, 0.05) is 18.9 Å². The summed E-state index contributed by atoms with van der Waals surface area (Å²) in [6.07, 6.45) is 6.33. The third-order valence-corrected chi connectivity index (χ3v) is 4.05. The van der Waals surface area contributed by atoms with E-state index in [2.05, 4.69) is 5.10 Å². The number of hydrogen-bond donors (Lipinski definition) is 1. The van der Waals surface area contributed by atoms with E-state index < -0.39 is 0 Å². The molecule has 0 amide bonds. The summed E-state index contributed by atoms with van der Waals surface area (Å²) >= 11 is 0. The number of hydrogen-bond acceptors (Lipinski definition) is 3. The van der Waals surface area contributed by atoms with Gasteiger partial charge in [-0.15, -0.1) is 0 Å². The van der Waals surface area contributed by atoms with Gasteiger partial charge in [0.2, 0.25) is 0 Å². The van der Waals surface area contributed by atoms with E-state index in [9.17, 15) is 0 Å². The summed E-state index contributed by atoms with van der Waals surface area (Å²) in [5.41, 5.74) is 5.83. The van der Waals surface area contributed by atoms with Crippen LogP contribution in [-0.2, 0) is 7.05 Å². The maximum atomic E-state index is 5.83. The van der Waals surface area contributed by atoms with Gasteiger partial charge in [-0.2, -0.15) is 5.10 Å². The molecule has 0 aliphatic heterocycles. The molecular weight excluding hydrogens is 200 g/mol. The van der Waals surface area contributed by atoms with Crippen LogP contribution in [0.15, 0.2) is 0 Å². The zero-order chi connectivity index (χ0) is 11.1. The molecule has 4 heteroatoms. The SMILES string of the molecule is Cn1nc(C2CC2)nc1C1CCCC1CN. The van der Waals surface area contributed by atoms with E-state index in [0.29, 0.717) is 17.8 Å². The minimum atomic E-state index is 0.551. The fraction of sp³-hybridized carbons (Fsp3) is 0.833. The minimum absolute atomic E-state index is 0.551. The van der Waals surface area contributed by atoms with Crippen LogP contribution in [0.25, 0.3) is 0 Å². The van der Waals surface area contributed by atoms with Crippen LogP contribution in [-0.4, -0.2) is 21.3 Å². The van der Waals surface area contributed by atoms with Crippen molar-refractivity contribution in [2.24, 2.45) is 18.7 Å². The van der Waals surface area contributed by atoms with E-state index in [0.717, 1.165) is 12.4 Å². The van der Waals surface area contributed by atoms with Gasteiger partial charge in [0.15, 0.2) is 5.82 Å². The van der Waals surface area contributed by atoms with E-state index in [1.807, 2.05) is 11.7 Å². The molecule has 1 aromatic heterocycles. The fourth-order valence-corrected chi connectivity index (χ4v) is 2.91. The molecule has 1 heterocycles. The van der Waals surface area contributed by atoms with Gasteiger partial charge in [0.1, 0.15) is 5.82 Å². The molecule has 2 aliphatic rings. The molecule has 88 valence electrons. The number of nitrogens with two attached hydrogens (primary N) is 1. The van der Waals surface area contributed by atoms with Crippen molar-refractivity contribution in [3.05, 3.63) is 11.6 Å². The fourth-order valence-electron chi connectivity index (χ4n) is 2.91. The van der Waals surface area contributed by atoms with E-state index in [-0.39, 0.29) is 0 Å². The summed E-state index contributed by atoms with van der Waals surface area (Å²) in [6, 6.07) is 0. The lowest BCUT2D eigenvalue weighted by Gasteiger charge is -2.16. The summed E-state index contributed by atoms with van der Waals surface area (Å²) in [5, 5.41) is 4.55. The zero-order valence-corrected chi connectivity index (χ0v) is 9.89. The van der Waals surface area contributed by atoms with Gasteiger partial charge in [-0.05, 0) is 38.1 Å². The van der Waals surface area contributed by atoms with Gasteiger partial charge in [-0.3, -0.25) is 4.68 Å². The first-order chi connectivity index (χ1) is 7.79. The van der Waals surface area contributed by atoms with Crippen LogP contribution in [0.2, 0.25) is 0 Å². The largest absolute Gasteiger partial charge is 0.330 e. The smallest absolute Gasteiger partial charge is 0.154 e. The Labute approximate surface area is 96.2 Å². The zero-order valence-electron chi connectivity index (χ0n) is 9.89. The van der Waals surface area contributed by atoms with E-state index >= 15 is 0 Å². The molecule has 0 bridgehead atoms. The second-order valence-electron chi connectivity index (χ2n) is 5.26. The molecule has 1 aromatic rings. The summed E-state index contributed by atoms with van der Waals surface area (Å²) in [4.78, 5) is 4.75. The first-order valence-corrected chi connectivity index (χ1v) is 6.40. The van der Waals surface area contributed by atoms with Crippen LogP contribution in [0.5, 0.6) is 0 Å². The number of nitrogens with zero attached hydrogens (tertiary/aromatic N) is 3. The van der Waals surface area contributed by atoms with E-state index in [1.54, 1.807) is 0 Å². The van der Waals surface area contributed by atoms with Crippen LogP contribution < -0.4 is 5.73 Å². The Kier molecular flexibility index (Phi) is 2.46. The standard InChI is InChI=1S/C12H20N4/c1-16-12(10-4-2-3-9(10)7-13)14-11(15-16)8-5-6-8/h8-10H,2-7,13H2,1H3. The highest BCUT2D eigenvalue weighted by Gasteiger charge is 2.34. The quantitative estimate of drug-likeness (QED) is 0.840. The van der Waals surface area contributed by atoms with Crippen molar-refractivity contribution in [1.29, 1.82) is 0 Å². The van der Waals surface area contributed by atoms with E-state index in [1.165, 1.54) is 37.9 Å². The maximum Gasteiger partial charge on any atom is 0.154 e. The van der Waals surface area contributed by atoms with Crippen LogP contribution in [0.4, 0.5) is 0 Å². The highest BCUT2D eigenvalue weighted by Crippen LogP contribution is 2.41. The number of rotatable bonds is 3. The highest BCUT2D eigenvalue weighted by molar-refractivity contribution is 5.10. The molecule has 4 nitrogen and oxygen atoms in total. The normalized spacial score (nSPS) is 29.9. The van der Waals surface area contributed by atoms with Crippen LogP contribution in [0.3, 0.4) is 0 Å². The van der Waals surface area contributed by atoms with Gasteiger partial charge >= 0.3 is 0 Å². The third kappa shape index (κ3) is 1.65. The first kappa shape index (κ1) is 10.3. The Morgan fingerprint density at radius 2 is 2.12 bits per heavy atom. The Hall–Kier alpha value is -0.900. The van der Waals surface area contributed by atoms with Gasteiger partial charge in [-0.1, -0.05) is 6.42 Å². The van der Waals surface area contributed by atoms with Crippen molar-refractivity contribution in [2.75, 3.05) is 6.54 Å². The van der Waals surface area contributed by atoms with Crippen LogP contribution in [0, 0.1) is 5.92 Å². The predicted octanol–water partition coefficient (Wildman–Crippen LogP) is 1.53. The molecule has 0 aromatic carbocycles. The average molecular weight is 220 g/mol. The minimum Gasteiger partial charge on any atom is -0.330 e. The van der Waals surface area contributed by atoms with Crippen LogP contribution >= 0.6 is 0 Å². The lowest BCUT2D eigenvalue weighted by atomic mass is 9.95. The highest BCUT2D eigenvalue weighted by atomic mass is 15.3.